The second kappa shape index (κ2) is 5.74. The molecule has 0 atom stereocenters. The smallest absolute Gasteiger partial charge is 0.0670 e. The van der Waals surface area contributed by atoms with Gasteiger partial charge in [0.1, 0.15) is 0 Å². The molecule has 0 bridgehead atoms. The van der Waals surface area contributed by atoms with E-state index in [4.69, 9.17) is 11.0 Å². The van der Waals surface area contributed by atoms with Gasteiger partial charge in [0, 0.05) is 20.6 Å². The summed E-state index contributed by atoms with van der Waals surface area (Å²) in [6.45, 7) is 0. The summed E-state index contributed by atoms with van der Waals surface area (Å²) in [6.07, 6.45) is 0.327. The first-order valence-electron chi connectivity index (χ1n) is 5.47. The molecule has 3 nitrogen and oxygen atoms in total. The summed E-state index contributed by atoms with van der Waals surface area (Å²) in [5.41, 5.74) is 9.29. The van der Waals surface area contributed by atoms with Crippen molar-refractivity contribution in [3.63, 3.8) is 0 Å². The van der Waals surface area contributed by atoms with Gasteiger partial charge in [-0.25, -0.2) is 0 Å². The predicted octanol–water partition coefficient (Wildman–Crippen LogP) is 3.68. The molecule has 0 aliphatic heterocycles. The highest BCUT2D eigenvalue weighted by atomic mass is 127. The molecule has 0 aliphatic carbocycles. The summed E-state index contributed by atoms with van der Waals surface area (Å²) < 4.78 is 1.17. The Kier molecular flexibility index (Phi) is 4.05. The van der Waals surface area contributed by atoms with E-state index in [-0.39, 0.29) is 0 Å². The minimum absolute atomic E-state index is 0.327. The summed E-state index contributed by atoms with van der Waals surface area (Å²) in [5.74, 6) is 0. The van der Waals surface area contributed by atoms with Crippen LogP contribution >= 0.6 is 22.6 Å². The fourth-order valence-corrected chi connectivity index (χ4v) is 2.20. The van der Waals surface area contributed by atoms with Crippen LogP contribution in [0.4, 0.5) is 17.1 Å². The van der Waals surface area contributed by atoms with Crippen molar-refractivity contribution in [2.45, 2.75) is 6.42 Å². The molecule has 3 N–H and O–H groups in total. The standard InChI is InChI=1S/C14H12IN3/c15-11-2-1-3-12(9-11)18-13-4-5-14(17)10(8-13)6-7-16/h1-5,8-9,18H,6,17H2. The number of halogens is 1. The molecule has 0 saturated carbocycles. The first kappa shape index (κ1) is 12.7. The van der Waals surface area contributed by atoms with Crippen molar-refractivity contribution < 1.29 is 0 Å². The van der Waals surface area contributed by atoms with Gasteiger partial charge < -0.3 is 11.1 Å². The average molecular weight is 349 g/mol. The molecule has 0 aliphatic rings. The molecule has 0 amide bonds. The van der Waals surface area contributed by atoms with Gasteiger partial charge in [0.05, 0.1) is 12.5 Å². The second-order valence-corrected chi connectivity index (χ2v) is 5.13. The SMILES string of the molecule is N#CCc1cc(Nc2cccc(I)c2)ccc1N. The number of nitrogens with one attached hydrogen (secondary N) is 1. The zero-order chi connectivity index (χ0) is 13.0. The summed E-state index contributed by atoms with van der Waals surface area (Å²) >= 11 is 2.27. The molecular formula is C14H12IN3. The van der Waals surface area contributed by atoms with Crippen molar-refractivity contribution in [3.05, 3.63) is 51.6 Å². The van der Waals surface area contributed by atoms with E-state index in [9.17, 15) is 0 Å². The van der Waals surface area contributed by atoms with E-state index in [1.807, 2.05) is 36.4 Å². The lowest BCUT2D eigenvalue weighted by atomic mass is 10.1. The fraction of sp³-hybridized carbons (Fsp3) is 0.0714. The van der Waals surface area contributed by atoms with Crippen molar-refractivity contribution in [1.82, 2.24) is 0 Å². The molecule has 18 heavy (non-hydrogen) atoms. The van der Waals surface area contributed by atoms with E-state index < -0.39 is 0 Å². The molecule has 2 aromatic rings. The molecule has 0 spiro atoms. The molecule has 2 aromatic carbocycles. The van der Waals surface area contributed by atoms with E-state index in [0.29, 0.717) is 12.1 Å². The van der Waals surface area contributed by atoms with Gasteiger partial charge in [-0.15, -0.1) is 0 Å². The van der Waals surface area contributed by atoms with Crippen LogP contribution in [0.3, 0.4) is 0 Å². The zero-order valence-corrected chi connectivity index (χ0v) is 11.8. The van der Waals surface area contributed by atoms with Gasteiger partial charge in [-0.05, 0) is 64.6 Å². The first-order valence-corrected chi connectivity index (χ1v) is 6.55. The Bertz CT molecular complexity index is 602. The van der Waals surface area contributed by atoms with Crippen molar-refractivity contribution >= 4 is 39.7 Å². The van der Waals surface area contributed by atoms with Crippen molar-refractivity contribution in [2.75, 3.05) is 11.1 Å². The summed E-state index contributed by atoms with van der Waals surface area (Å²) in [6, 6.07) is 15.9. The monoisotopic (exact) mass is 349 g/mol. The van der Waals surface area contributed by atoms with Crippen LogP contribution in [0.15, 0.2) is 42.5 Å². The Morgan fingerprint density at radius 3 is 2.67 bits per heavy atom. The van der Waals surface area contributed by atoms with E-state index >= 15 is 0 Å². The van der Waals surface area contributed by atoms with E-state index in [2.05, 4.69) is 40.0 Å². The largest absolute Gasteiger partial charge is 0.398 e. The minimum Gasteiger partial charge on any atom is -0.398 e. The Labute approximate surface area is 120 Å². The molecule has 2 rings (SSSR count). The number of nitrogens with two attached hydrogens (primary N) is 1. The lowest BCUT2D eigenvalue weighted by Gasteiger charge is -2.09. The van der Waals surface area contributed by atoms with Crippen LogP contribution in [0.5, 0.6) is 0 Å². The van der Waals surface area contributed by atoms with Crippen LogP contribution in [0.25, 0.3) is 0 Å². The first-order chi connectivity index (χ1) is 8.69. The molecular weight excluding hydrogens is 337 g/mol. The predicted molar refractivity (Wildman–Crippen MR) is 82.6 cm³/mol. The molecule has 0 unspecified atom stereocenters. The number of hydrogen-bond donors (Lipinski definition) is 2. The number of nitrogen functional groups attached to an aromatic ring is 1. The third-order valence-corrected chi connectivity index (χ3v) is 3.20. The molecule has 0 saturated heterocycles. The third-order valence-electron chi connectivity index (χ3n) is 2.53. The number of rotatable bonds is 3. The lowest BCUT2D eigenvalue weighted by molar-refractivity contribution is 1.27. The molecule has 0 aromatic heterocycles. The number of nitrogens with zero attached hydrogens (tertiary/aromatic N) is 1. The van der Waals surface area contributed by atoms with E-state index in [1.165, 1.54) is 3.57 Å². The Morgan fingerprint density at radius 1 is 1.17 bits per heavy atom. The van der Waals surface area contributed by atoms with Gasteiger partial charge in [0.2, 0.25) is 0 Å². The molecule has 0 heterocycles. The molecule has 0 fully saturated rings. The Morgan fingerprint density at radius 2 is 1.94 bits per heavy atom. The van der Waals surface area contributed by atoms with E-state index in [0.717, 1.165) is 16.9 Å². The van der Waals surface area contributed by atoms with Crippen LogP contribution in [-0.4, -0.2) is 0 Å². The van der Waals surface area contributed by atoms with Crippen LogP contribution < -0.4 is 11.1 Å². The molecule has 90 valence electrons. The summed E-state index contributed by atoms with van der Waals surface area (Å²) in [7, 11) is 0. The van der Waals surface area contributed by atoms with E-state index in [1.54, 1.807) is 0 Å². The van der Waals surface area contributed by atoms with Gasteiger partial charge in [-0.3, -0.25) is 0 Å². The number of nitriles is 1. The zero-order valence-electron chi connectivity index (χ0n) is 9.65. The molecule has 4 heteroatoms. The third kappa shape index (κ3) is 3.14. The van der Waals surface area contributed by atoms with Gasteiger partial charge in [0.25, 0.3) is 0 Å². The molecule has 0 radical (unpaired) electrons. The Balaban J connectivity index is 2.24. The van der Waals surface area contributed by atoms with Gasteiger partial charge in [0.15, 0.2) is 0 Å². The summed E-state index contributed by atoms with van der Waals surface area (Å²) in [4.78, 5) is 0. The second-order valence-electron chi connectivity index (χ2n) is 3.88. The number of benzene rings is 2. The van der Waals surface area contributed by atoms with Crippen LogP contribution in [0, 0.1) is 14.9 Å². The lowest BCUT2D eigenvalue weighted by Crippen LogP contribution is -1.96. The number of hydrogen-bond acceptors (Lipinski definition) is 3. The van der Waals surface area contributed by atoms with Crippen LogP contribution in [-0.2, 0) is 6.42 Å². The Hall–Kier alpha value is -1.74. The van der Waals surface area contributed by atoms with Crippen LogP contribution in [0.1, 0.15) is 5.56 Å². The maximum atomic E-state index is 8.73. The highest BCUT2D eigenvalue weighted by Crippen LogP contribution is 2.22. The minimum atomic E-state index is 0.327. The van der Waals surface area contributed by atoms with Crippen molar-refractivity contribution in [3.8, 4) is 6.07 Å². The highest BCUT2D eigenvalue weighted by Gasteiger charge is 2.01. The van der Waals surface area contributed by atoms with Crippen LogP contribution in [0.2, 0.25) is 0 Å². The highest BCUT2D eigenvalue weighted by molar-refractivity contribution is 14.1. The van der Waals surface area contributed by atoms with Crippen molar-refractivity contribution in [1.29, 1.82) is 5.26 Å². The average Bonchev–Trinajstić information content (AvgIpc) is 2.34. The topological polar surface area (TPSA) is 61.8 Å². The number of anilines is 3. The van der Waals surface area contributed by atoms with Gasteiger partial charge >= 0.3 is 0 Å². The van der Waals surface area contributed by atoms with Gasteiger partial charge in [-0.1, -0.05) is 6.07 Å². The quantitative estimate of drug-likeness (QED) is 0.656. The maximum Gasteiger partial charge on any atom is 0.0670 e. The maximum absolute atomic E-state index is 8.73. The summed E-state index contributed by atoms with van der Waals surface area (Å²) in [5, 5.41) is 12.0. The van der Waals surface area contributed by atoms with Gasteiger partial charge in [-0.2, -0.15) is 5.26 Å². The normalized spacial score (nSPS) is 9.78. The fourth-order valence-electron chi connectivity index (χ4n) is 1.65. The van der Waals surface area contributed by atoms with Crippen molar-refractivity contribution in [2.24, 2.45) is 0 Å².